The number of amides is 2. The molecule has 1 aromatic rings. The van der Waals surface area contributed by atoms with E-state index < -0.39 is 0 Å². The fraction of sp³-hybridized carbons (Fsp3) is 0.636. The second-order valence-electron chi connectivity index (χ2n) is 7.78. The zero-order valence-corrected chi connectivity index (χ0v) is 16.4. The Hall–Kier alpha value is -1.88. The molecular weight excluding hydrogens is 338 g/mol. The fourth-order valence-corrected chi connectivity index (χ4v) is 4.14. The average Bonchev–Trinajstić information content (AvgIpc) is 2.83. The molecule has 0 bridgehead atoms. The standard InChI is InChI=1S/C22H33N3O2/c26-21(25-14-8-3-1-2-4-9-15-25)18-20-22(27)23-13-17-24(20)16-12-19-10-6-5-7-11-19/h5-7,10-11,20H,1-4,8-9,12-18H2,(H,23,27)/t20-/m0/s1. The van der Waals surface area contributed by atoms with Crippen LogP contribution in [0.3, 0.4) is 0 Å². The van der Waals surface area contributed by atoms with Crippen LogP contribution in [0, 0.1) is 0 Å². The molecule has 2 heterocycles. The van der Waals surface area contributed by atoms with Gasteiger partial charge in [-0.2, -0.15) is 0 Å². The lowest BCUT2D eigenvalue weighted by Crippen LogP contribution is -2.57. The topological polar surface area (TPSA) is 52.7 Å². The molecule has 5 heteroatoms. The van der Waals surface area contributed by atoms with Crippen LogP contribution in [0.25, 0.3) is 0 Å². The molecule has 2 amide bonds. The summed E-state index contributed by atoms with van der Waals surface area (Å²) in [5, 5.41) is 2.95. The first-order valence-corrected chi connectivity index (χ1v) is 10.6. The minimum atomic E-state index is -0.331. The number of nitrogens with zero attached hydrogens (tertiary/aromatic N) is 2. The Balaban J connectivity index is 1.58. The highest BCUT2D eigenvalue weighted by Gasteiger charge is 2.32. The van der Waals surface area contributed by atoms with Gasteiger partial charge >= 0.3 is 0 Å². The van der Waals surface area contributed by atoms with Crippen LogP contribution in [0.1, 0.15) is 50.5 Å². The maximum Gasteiger partial charge on any atom is 0.237 e. The summed E-state index contributed by atoms with van der Waals surface area (Å²) in [6.45, 7) is 3.99. The summed E-state index contributed by atoms with van der Waals surface area (Å²) in [6, 6.07) is 10.0. The zero-order valence-electron chi connectivity index (χ0n) is 16.4. The molecular formula is C22H33N3O2. The SMILES string of the molecule is O=C1NCCN(CCc2ccccc2)[C@H]1CC(=O)N1CCCCCCCC1. The molecule has 2 saturated heterocycles. The van der Waals surface area contributed by atoms with E-state index in [-0.39, 0.29) is 17.9 Å². The smallest absolute Gasteiger partial charge is 0.237 e. The van der Waals surface area contributed by atoms with E-state index in [1.165, 1.54) is 31.2 Å². The first-order chi connectivity index (χ1) is 13.2. The molecule has 1 aromatic carbocycles. The first-order valence-electron chi connectivity index (χ1n) is 10.6. The van der Waals surface area contributed by atoms with E-state index in [4.69, 9.17) is 0 Å². The fourth-order valence-electron chi connectivity index (χ4n) is 4.14. The van der Waals surface area contributed by atoms with E-state index in [1.54, 1.807) is 0 Å². The van der Waals surface area contributed by atoms with Gasteiger partial charge in [-0.3, -0.25) is 14.5 Å². The molecule has 27 heavy (non-hydrogen) atoms. The minimum absolute atomic E-state index is 0.00641. The summed E-state index contributed by atoms with van der Waals surface area (Å²) in [4.78, 5) is 29.6. The number of rotatable bonds is 5. The first kappa shape index (κ1) is 19.9. The Morgan fingerprint density at radius 1 is 0.963 bits per heavy atom. The molecule has 1 N–H and O–H groups in total. The number of benzene rings is 1. The molecule has 0 radical (unpaired) electrons. The van der Waals surface area contributed by atoms with Crippen LogP contribution in [0.15, 0.2) is 30.3 Å². The van der Waals surface area contributed by atoms with Crippen LogP contribution in [0.5, 0.6) is 0 Å². The van der Waals surface area contributed by atoms with Crippen LogP contribution in [0.4, 0.5) is 0 Å². The van der Waals surface area contributed by atoms with Gasteiger partial charge in [0.1, 0.15) is 0 Å². The molecule has 0 spiro atoms. The lowest BCUT2D eigenvalue weighted by molar-refractivity contribution is -0.139. The van der Waals surface area contributed by atoms with Crippen molar-refractivity contribution in [2.45, 2.75) is 57.4 Å². The monoisotopic (exact) mass is 371 g/mol. The van der Waals surface area contributed by atoms with E-state index in [0.29, 0.717) is 13.0 Å². The van der Waals surface area contributed by atoms with Crippen molar-refractivity contribution in [2.24, 2.45) is 0 Å². The van der Waals surface area contributed by atoms with Crippen molar-refractivity contribution in [1.29, 1.82) is 0 Å². The summed E-state index contributed by atoms with van der Waals surface area (Å²) >= 11 is 0. The number of carbonyl (C=O) groups excluding carboxylic acids is 2. The molecule has 0 unspecified atom stereocenters. The summed E-state index contributed by atoms with van der Waals surface area (Å²) in [6.07, 6.45) is 8.35. The average molecular weight is 372 g/mol. The normalized spacial score (nSPS) is 22.4. The molecule has 2 aliphatic heterocycles. The molecule has 3 rings (SSSR count). The Bertz CT molecular complexity index is 595. The van der Waals surface area contributed by atoms with Crippen molar-refractivity contribution in [3.63, 3.8) is 0 Å². The van der Waals surface area contributed by atoms with E-state index in [9.17, 15) is 9.59 Å². The molecule has 2 aliphatic rings. The van der Waals surface area contributed by atoms with Gasteiger partial charge in [0.15, 0.2) is 0 Å². The summed E-state index contributed by atoms with van der Waals surface area (Å²) in [7, 11) is 0. The van der Waals surface area contributed by atoms with Gasteiger partial charge in [-0.25, -0.2) is 0 Å². The van der Waals surface area contributed by atoms with Crippen molar-refractivity contribution >= 4 is 11.8 Å². The van der Waals surface area contributed by atoms with Crippen molar-refractivity contribution in [1.82, 2.24) is 15.1 Å². The Morgan fingerprint density at radius 2 is 1.63 bits per heavy atom. The molecule has 1 atom stereocenters. The highest BCUT2D eigenvalue weighted by atomic mass is 16.2. The summed E-state index contributed by atoms with van der Waals surface area (Å²) in [5.41, 5.74) is 1.27. The quantitative estimate of drug-likeness (QED) is 0.866. The predicted octanol–water partition coefficient (Wildman–Crippen LogP) is 2.60. The third-order valence-corrected chi connectivity index (χ3v) is 5.80. The van der Waals surface area contributed by atoms with Crippen molar-refractivity contribution in [3.8, 4) is 0 Å². The van der Waals surface area contributed by atoms with Crippen molar-refractivity contribution < 1.29 is 9.59 Å². The van der Waals surface area contributed by atoms with Gasteiger partial charge in [0.05, 0.1) is 12.5 Å². The Kier molecular flexibility index (Phi) is 7.69. The highest BCUT2D eigenvalue weighted by Crippen LogP contribution is 2.16. The molecule has 5 nitrogen and oxygen atoms in total. The van der Waals surface area contributed by atoms with E-state index >= 15 is 0 Å². The van der Waals surface area contributed by atoms with Crippen LogP contribution in [-0.2, 0) is 16.0 Å². The summed E-state index contributed by atoms with van der Waals surface area (Å²) in [5.74, 6) is 0.149. The van der Waals surface area contributed by atoms with Crippen LogP contribution in [0.2, 0.25) is 0 Å². The largest absolute Gasteiger partial charge is 0.353 e. The van der Waals surface area contributed by atoms with Gasteiger partial charge in [-0.05, 0) is 24.8 Å². The maximum atomic E-state index is 12.9. The van der Waals surface area contributed by atoms with Crippen molar-refractivity contribution in [3.05, 3.63) is 35.9 Å². The minimum Gasteiger partial charge on any atom is -0.353 e. The molecule has 0 aliphatic carbocycles. The second-order valence-corrected chi connectivity index (χ2v) is 7.78. The van der Waals surface area contributed by atoms with Gasteiger partial charge in [0.25, 0.3) is 0 Å². The Labute approximate surface area is 163 Å². The number of piperazine rings is 1. The van der Waals surface area contributed by atoms with Gasteiger partial charge in [-0.15, -0.1) is 0 Å². The van der Waals surface area contributed by atoms with E-state index in [1.807, 2.05) is 23.1 Å². The van der Waals surface area contributed by atoms with Gasteiger partial charge < -0.3 is 10.2 Å². The number of hydrogen-bond donors (Lipinski definition) is 1. The second kappa shape index (κ2) is 10.5. The van der Waals surface area contributed by atoms with Gasteiger partial charge in [0, 0.05) is 32.7 Å². The highest BCUT2D eigenvalue weighted by molar-refractivity contribution is 5.88. The number of carbonyl (C=O) groups is 2. The molecule has 0 aromatic heterocycles. The van der Waals surface area contributed by atoms with Crippen LogP contribution < -0.4 is 5.32 Å². The molecule has 2 fully saturated rings. The third kappa shape index (κ3) is 6.06. The van der Waals surface area contributed by atoms with E-state index in [2.05, 4.69) is 22.3 Å². The van der Waals surface area contributed by atoms with Gasteiger partial charge in [0.2, 0.25) is 11.8 Å². The molecule has 0 saturated carbocycles. The summed E-state index contributed by atoms with van der Waals surface area (Å²) < 4.78 is 0. The number of hydrogen-bond acceptors (Lipinski definition) is 3. The zero-order chi connectivity index (χ0) is 18.9. The predicted molar refractivity (Wildman–Crippen MR) is 107 cm³/mol. The van der Waals surface area contributed by atoms with Gasteiger partial charge in [-0.1, -0.05) is 56.0 Å². The lowest BCUT2D eigenvalue weighted by atomic mass is 10.1. The van der Waals surface area contributed by atoms with Crippen LogP contribution in [-0.4, -0.2) is 60.4 Å². The lowest BCUT2D eigenvalue weighted by Gasteiger charge is -2.36. The third-order valence-electron chi connectivity index (χ3n) is 5.80. The van der Waals surface area contributed by atoms with Crippen LogP contribution >= 0.6 is 0 Å². The van der Waals surface area contributed by atoms with E-state index in [0.717, 1.165) is 45.4 Å². The number of nitrogens with one attached hydrogen (secondary N) is 1. The Morgan fingerprint density at radius 3 is 2.33 bits per heavy atom. The van der Waals surface area contributed by atoms with Crippen molar-refractivity contribution in [2.75, 3.05) is 32.7 Å². The molecule has 148 valence electrons. The maximum absolute atomic E-state index is 12.9.